The van der Waals surface area contributed by atoms with Crippen molar-refractivity contribution in [3.05, 3.63) is 48.0 Å². The number of piperidine rings is 1. The quantitative estimate of drug-likeness (QED) is 0.603. The summed E-state index contributed by atoms with van der Waals surface area (Å²) >= 11 is 0. The number of aromatic nitrogens is 3. The molecule has 0 bridgehead atoms. The molecule has 0 saturated carbocycles. The third kappa shape index (κ3) is 5.55. The molecule has 0 aliphatic carbocycles. The lowest BCUT2D eigenvalue weighted by atomic mass is 9.90. The van der Waals surface area contributed by atoms with E-state index in [1.54, 1.807) is 6.33 Å². The average Bonchev–Trinajstić information content (AvgIpc) is 3.16. The Morgan fingerprint density at radius 3 is 2.67 bits per heavy atom. The molecule has 0 radical (unpaired) electrons. The van der Waals surface area contributed by atoms with Crippen LogP contribution in [0.15, 0.2) is 41.7 Å². The standard InChI is InChI=1S/C21H32N6/c1-3-20-25-24-17-27(20)15-12-23-21(22-4-2)26-13-10-19(11-14-26)16-18-8-6-5-7-9-18/h5-9,17,19H,3-4,10-16H2,1-2H3,(H,22,23). The van der Waals surface area contributed by atoms with Crippen molar-refractivity contribution in [2.24, 2.45) is 10.9 Å². The van der Waals surface area contributed by atoms with Crippen molar-refractivity contribution in [1.82, 2.24) is 25.0 Å². The monoisotopic (exact) mass is 368 g/mol. The Balaban J connectivity index is 1.51. The molecule has 1 aliphatic rings. The normalized spacial score (nSPS) is 15.9. The van der Waals surface area contributed by atoms with Gasteiger partial charge in [0.1, 0.15) is 12.2 Å². The number of benzene rings is 1. The van der Waals surface area contributed by atoms with Crippen molar-refractivity contribution in [2.45, 2.75) is 46.1 Å². The van der Waals surface area contributed by atoms with Crippen LogP contribution in [0.3, 0.4) is 0 Å². The van der Waals surface area contributed by atoms with Crippen LogP contribution in [-0.4, -0.2) is 51.8 Å². The van der Waals surface area contributed by atoms with Crippen molar-refractivity contribution < 1.29 is 0 Å². The van der Waals surface area contributed by atoms with Gasteiger partial charge in [0.05, 0.1) is 6.54 Å². The lowest BCUT2D eigenvalue weighted by Crippen LogP contribution is -2.46. The topological polar surface area (TPSA) is 58.3 Å². The van der Waals surface area contributed by atoms with E-state index >= 15 is 0 Å². The fourth-order valence-corrected chi connectivity index (χ4v) is 3.73. The molecule has 2 heterocycles. The zero-order valence-corrected chi connectivity index (χ0v) is 16.6. The molecule has 1 aliphatic heterocycles. The van der Waals surface area contributed by atoms with Gasteiger partial charge in [-0.25, -0.2) is 0 Å². The number of nitrogens with one attached hydrogen (secondary N) is 1. The highest BCUT2D eigenvalue weighted by Crippen LogP contribution is 2.21. The van der Waals surface area contributed by atoms with Gasteiger partial charge < -0.3 is 14.8 Å². The molecule has 1 aromatic heterocycles. The van der Waals surface area contributed by atoms with E-state index in [4.69, 9.17) is 4.99 Å². The van der Waals surface area contributed by atoms with Gasteiger partial charge in [-0.3, -0.25) is 4.99 Å². The van der Waals surface area contributed by atoms with Gasteiger partial charge in [-0.2, -0.15) is 0 Å². The van der Waals surface area contributed by atoms with E-state index in [0.29, 0.717) is 0 Å². The minimum atomic E-state index is 0.747. The van der Waals surface area contributed by atoms with Crippen LogP contribution in [0.4, 0.5) is 0 Å². The highest BCUT2D eigenvalue weighted by atomic mass is 15.3. The van der Waals surface area contributed by atoms with E-state index in [1.807, 2.05) is 0 Å². The van der Waals surface area contributed by atoms with Crippen molar-refractivity contribution >= 4 is 5.96 Å². The van der Waals surface area contributed by atoms with Crippen LogP contribution in [0.5, 0.6) is 0 Å². The summed E-state index contributed by atoms with van der Waals surface area (Å²) in [4.78, 5) is 7.27. The first-order valence-electron chi connectivity index (χ1n) is 10.2. The van der Waals surface area contributed by atoms with Gasteiger partial charge in [-0.05, 0) is 37.7 Å². The van der Waals surface area contributed by atoms with Crippen LogP contribution < -0.4 is 5.32 Å². The van der Waals surface area contributed by atoms with E-state index in [2.05, 4.69) is 69.2 Å². The molecule has 2 aromatic rings. The first-order chi connectivity index (χ1) is 13.3. The van der Waals surface area contributed by atoms with Crippen LogP contribution >= 0.6 is 0 Å². The number of guanidine groups is 1. The molecule has 1 saturated heterocycles. The molecule has 0 amide bonds. The second kappa shape index (κ2) is 10.1. The number of hydrogen-bond donors (Lipinski definition) is 1. The van der Waals surface area contributed by atoms with E-state index in [0.717, 1.165) is 56.8 Å². The Morgan fingerprint density at radius 1 is 1.19 bits per heavy atom. The molecule has 0 spiro atoms. The second-order valence-corrected chi connectivity index (χ2v) is 7.15. The van der Waals surface area contributed by atoms with Crippen LogP contribution in [0.2, 0.25) is 0 Å². The summed E-state index contributed by atoms with van der Waals surface area (Å²) in [6.07, 6.45) is 6.35. The summed E-state index contributed by atoms with van der Waals surface area (Å²) in [5.41, 5.74) is 1.46. The predicted octanol–water partition coefficient (Wildman–Crippen LogP) is 2.76. The van der Waals surface area contributed by atoms with Crippen molar-refractivity contribution in [2.75, 3.05) is 26.2 Å². The predicted molar refractivity (Wildman–Crippen MR) is 110 cm³/mol. The largest absolute Gasteiger partial charge is 0.357 e. The van der Waals surface area contributed by atoms with Gasteiger partial charge in [0.2, 0.25) is 0 Å². The lowest BCUT2D eigenvalue weighted by molar-refractivity contribution is 0.259. The summed E-state index contributed by atoms with van der Waals surface area (Å²) in [6.45, 7) is 8.87. The second-order valence-electron chi connectivity index (χ2n) is 7.15. The number of rotatable bonds is 7. The van der Waals surface area contributed by atoms with E-state index < -0.39 is 0 Å². The van der Waals surface area contributed by atoms with Crippen molar-refractivity contribution in [3.63, 3.8) is 0 Å². The Morgan fingerprint density at radius 2 is 1.96 bits per heavy atom. The summed E-state index contributed by atoms with van der Waals surface area (Å²) in [6, 6.07) is 10.9. The summed E-state index contributed by atoms with van der Waals surface area (Å²) in [7, 11) is 0. The number of nitrogens with zero attached hydrogens (tertiary/aromatic N) is 5. The molecule has 1 aromatic carbocycles. The molecule has 146 valence electrons. The maximum Gasteiger partial charge on any atom is 0.193 e. The van der Waals surface area contributed by atoms with Gasteiger partial charge in [0.25, 0.3) is 0 Å². The minimum Gasteiger partial charge on any atom is -0.357 e. The summed E-state index contributed by atoms with van der Waals surface area (Å²) in [5, 5.41) is 11.6. The maximum absolute atomic E-state index is 4.85. The van der Waals surface area contributed by atoms with Crippen LogP contribution in [0.1, 0.15) is 38.1 Å². The highest BCUT2D eigenvalue weighted by Gasteiger charge is 2.21. The number of aryl methyl sites for hydroxylation is 1. The third-order valence-corrected chi connectivity index (χ3v) is 5.23. The minimum absolute atomic E-state index is 0.747. The first-order valence-corrected chi connectivity index (χ1v) is 10.2. The van der Waals surface area contributed by atoms with E-state index in [1.165, 1.54) is 24.8 Å². The van der Waals surface area contributed by atoms with Gasteiger partial charge >= 0.3 is 0 Å². The van der Waals surface area contributed by atoms with Gasteiger partial charge in [-0.15, -0.1) is 10.2 Å². The Hall–Kier alpha value is -2.37. The Kier molecular flexibility index (Phi) is 7.25. The lowest BCUT2D eigenvalue weighted by Gasteiger charge is -2.34. The van der Waals surface area contributed by atoms with Crippen LogP contribution in [-0.2, 0) is 19.4 Å². The molecule has 0 unspecified atom stereocenters. The SMILES string of the molecule is CCNC(=NCCn1cnnc1CC)N1CCC(Cc2ccccc2)CC1. The number of likely N-dealkylation sites (tertiary alicyclic amines) is 1. The van der Waals surface area contributed by atoms with Crippen molar-refractivity contribution in [1.29, 1.82) is 0 Å². The number of hydrogen-bond acceptors (Lipinski definition) is 3. The van der Waals surface area contributed by atoms with Crippen molar-refractivity contribution in [3.8, 4) is 0 Å². The molecular weight excluding hydrogens is 336 g/mol. The highest BCUT2D eigenvalue weighted by molar-refractivity contribution is 5.80. The average molecular weight is 369 g/mol. The zero-order valence-electron chi connectivity index (χ0n) is 16.6. The fourth-order valence-electron chi connectivity index (χ4n) is 3.73. The van der Waals surface area contributed by atoms with Crippen LogP contribution in [0, 0.1) is 5.92 Å². The van der Waals surface area contributed by atoms with Gasteiger partial charge in [0.15, 0.2) is 5.96 Å². The molecule has 6 heteroatoms. The summed E-state index contributed by atoms with van der Waals surface area (Å²) in [5.74, 6) is 2.84. The molecule has 1 N–H and O–H groups in total. The van der Waals surface area contributed by atoms with Crippen LogP contribution in [0.25, 0.3) is 0 Å². The molecular formula is C21H32N6. The molecule has 6 nitrogen and oxygen atoms in total. The Labute approximate surface area is 162 Å². The smallest absolute Gasteiger partial charge is 0.193 e. The fraction of sp³-hybridized carbons (Fsp3) is 0.571. The maximum atomic E-state index is 4.85. The number of aliphatic imine (C=N–C) groups is 1. The van der Waals surface area contributed by atoms with E-state index in [9.17, 15) is 0 Å². The zero-order chi connectivity index (χ0) is 18.9. The molecule has 27 heavy (non-hydrogen) atoms. The summed E-state index contributed by atoms with van der Waals surface area (Å²) < 4.78 is 2.10. The van der Waals surface area contributed by atoms with E-state index in [-0.39, 0.29) is 0 Å². The van der Waals surface area contributed by atoms with Gasteiger partial charge in [0, 0.05) is 32.6 Å². The Bertz CT molecular complexity index is 700. The first kappa shape index (κ1) is 19.4. The molecule has 1 fully saturated rings. The molecule has 0 atom stereocenters. The molecule has 3 rings (SSSR count). The van der Waals surface area contributed by atoms with Gasteiger partial charge in [-0.1, -0.05) is 37.3 Å². The third-order valence-electron chi connectivity index (χ3n) is 5.23.